The molecule has 0 aliphatic carbocycles. The van der Waals surface area contributed by atoms with Crippen LogP contribution in [0.3, 0.4) is 0 Å². The molecule has 0 amide bonds. The number of carboxylic acid groups (broad SMARTS) is 2. The van der Waals surface area contributed by atoms with Crippen LogP contribution in [0.5, 0.6) is 0 Å². The Bertz CT molecular complexity index is 33.8. The van der Waals surface area contributed by atoms with E-state index in [1.807, 2.05) is 0 Å². The average molecular weight is 94.0 g/mol. The van der Waals surface area contributed by atoms with Crippen molar-refractivity contribution >= 4 is 54.6 Å². The van der Waals surface area contributed by atoms with Crippen LogP contribution < -0.4 is 0 Å². The summed E-state index contributed by atoms with van der Waals surface area (Å²) in [7, 11) is 0. The second-order valence-corrected chi connectivity index (χ2v) is 0.283. The monoisotopic (exact) mass is 94.0 g/mol. The minimum absolute atomic E-state index is 0. The molecule has 0 unspecified atom stereocenters. The number of hydrogen-bond donors (Lipinski definition) is 2. The van der Waals surface area contributed by atoms with Gasteiger partial charge in [-0.3, -0.25) is 0 Å². The molecule has 5 heteroatoms. The van der Waals surface area contributed by atoms with Gasteiger partial charge in [-0.25, -0.2) is 4.79 Å². The predicted molar refractivity (Wildman–Crippen MR) is 25.0 cm³/mol. The fourth-order valence-corrected chi connectivity index (χ4v) is 0. The zero-order valence-corrected chi connectivity index (χ0v) is 1.80. The van der Waals surface area contributed by atoms with Crippen molar-refractivity contribution in [2.75, 3.05) is 0 Å². The van der Waals surface area contributed by atoms with Gasteiger partial charge in [0.05, 0.1) is 0 Å². The van der Waals surface area contributed by atoms with Crippen LogP contribution in [-0.2, 0) is 0 Å². The molecule has 0 bridgehead atoms. The van der Waals surface area contributed by atoms with Crippen LogP contribution in [-0.4, -0.2) is 64.8 Å². The van der Waals surface area contributed by atoms with Gasteiger partial charge in [0.1, 0.15) is 0 Å². The molecule has 0 saturated carbocycles. The van der Waals surface area contributed by atoms with Crippen molar-refractivity contribution in [1.82, 2.24) is 0 Å². The standard InChI is InChI=1S/CH2O3.Li.Na.2H/c2-1(3)4;;;;/h(H2,2,3,4);;;;. The molecule has 28 valence electrons. The van der Waals surface area contributed by atoms with E-state index in [4.69, 9.17) is 15.0 Å². The Balaban J connectivity index is -0.0000000450. The first-order valence-corrected chi connectivity index (χ1v) is 0.651. The zero-order valence-electron chi connectivity index (χ0n) is 1.80. The Hall–Kier alpha value is 0.867. The van der Waals surface area contributed by atoms with E-state index in [0.717, 1.165) is 0 Å². The van der Waals surface area contributed by atoms with E-state index in [2.05, 4.69) is 0 Å². The first-order chi connectivity index (χ1) is 1.73. The maximum atomic E-state index is 8.56. The van der Waals surface area contributed by atoms with Gasteiger partial charge in [-0.05, 0) is 0 Å². The molecular weight excluding hydrogens is 89.9 g/mol. The van der Waals surface area contributed by atoms with Gasteiger partial charge in [0.25, 0.3) is 0 Å². The molecule has 0 rings (SSSR count). The first kappa shape index (κ1) is 15.8. The Morgan fingerprint density at radius 2 is 1.33 bits per heavy atom. The van der Waals surface area contributed by atoms with E-state index in [1.54, 1.807) is 0 Å². The average Bonchev–Trinajstić information content (AvgIpc) is 0.811. The van der Waals surface area contributed by atoms with E-state index in [0.29, 0.717) is 0 Å². The minimum atomic E-state index is -1.83. The molecule has 0 aliphatic rings. The molecule has 0 atom stereocenters. The third-order valence-electron chi connectivity index (χ3n) is 0. The Morgan fingerprint density at radius 1 is 1.33 bits per heavy atom. The molecule has 0 spiro atoms. The summed E-state index contributed by atoms with van der Waals surface area (Å²) in [5.41, 5.74) is 0. The van der Waals surface area contributed by atoms with E-state index >= 15 is 0 Å². The molecule has 0 aromatic carbocycles. The Morgan fingerprint density at radius 3 is 1.33 bits per heavy atom. The summed E-state index contributed by atoms with van der Waals surface area (Å²) < 4.78 is 0. The molecule has 2 N–H and O–H groups in total. The van der Waals surface area contributed by atoms with Crippen molar-refractivity contribution in [3.8, 4) is 0 Å². The van der Waals surface area contributed by atoms with Crippen molar-refractivity contribution in [1.29, 1.82) is 0 Å². The van der Waals surface area contributed by atoms with Crippen LogP contribution in [0.1, 0.15) is 0 Å². The van der Waals surface area contributed by atoms with E-state index in [9.17, 15) is 0 Å². The van der Waals surface area contributed by atoms with E-state index in [-0.39, 0.29) is 48.4 Å². The van der Waals surface area contributed by atoms with Crippen LogP contribution >= 0.6 is 0 Å². The quantitative estimate of drug-likeness (QED) is 0.375. The third kappa shape index (κ3) is 96.8. The third-order valence-corrected chi connectivity index (χ3v) is 0. The first-order valence-electron chi connectivity index (χ1n) is 0.651. The summed E-state index contributed by atoms with van der Waals surface area (Å²) >= 11 is 0. The molecule has 0 aliphatic heterocycles. The number of carbonyl (C=O) groups is 1. The molecule has 0 heterocycles. The van der Waals surface area contributed by atoms with Crippen LogP contribution in [0.2, 0.25) is 0 Å². The van der Waals surface area contributed by atoms with Crippen LogP contribution in [0.15, 0.2) is 0 Å². The summed E-state index contributed by atoms with van der Waals surface area (Å²) in [6.45, 7) is 0. The van der Waals surface area contributed by atoms with Gasteiger partial charge in [0.2, 0.25) is 0 Å². The SMILES string of the molecule is O=C(O)O.[LiH].[NaH]. The van der Waals surface area contributed by atoms with Crippen molar-refractivity contribution in [3.63, 3.8) is 0 Å². The molecular formula is CH4LiNaO3. The van der Waals surface area contributed by atoms with Gasteiger partial charge < -0.3 is 10.2 Å². The Kier molecular flexibility index (Phi) is 24.5. The molecule has 0 aromatic rings. The van der Waals surface area contributed by atoms with Crippen molar-refractivity contribution in [3.05, 3.63) is 0 Å². The summed E-state index contributed by atoms with van der Waals surface area (Å²) in [5.74, 6) is 0. The zero-order chi connectivity index (χ0) is 3.58. The van der Waals surface area contributed by atoms with Crippen molar-refractivity contribution in [2.24, 2.45) is 0 Å². The second kappa shape index (κ2) is 9.29. The molecule has 0 saturated heterocycles. The summed E-state index contributed by atoms with van der Waals surface area (Å²) in [6.07, 6.45) is -1.83. The normalized spacial score (nSPS) is 4.00. The topological polar surface area (TPSA) is 57.5 Å². The van der Waals surface area contributed by atoms with Crippen LogP contribution in [0, 0.1) is 0 Å². The Labute approximate surface area is 69.2 Å². The van der Waals surface area contributed by atoms with Crippen molar-refractivity contribution < 1.29 is 15.0 Å². The molecule has 0 fully saturated rings. The number of hydrogen-bond acceptors (Lipinski definition) is 1. The second-order valence-electron chi connectivity index (χ2n) is 0.283. The van der Waals surface area contributed by atoms with Gasteiger partial charge in [0.15, 0.2) is 0 Å². The van der Waals surface area contributed by atoms with Crippen LogP contribution in [0.25, 0.3) is 0 Å². The fraction of sp³-hybridized carbons (Fsp3) is 0. The fourth-order valence-electron chi connectivity index (χ4n) is 0. The van der Waals surface area contributed by atoms with Gasteiger partial charge in [-0.1, -0.05) is 0 Å². The van der Waals surface area contributed by atoms with Crippen LogP contribution in [0.4, 0.5) is 4.79 Å². The molecule has 0 aromatic heterocycles. The molecule has 3 nitrogen and oxygen atoms in total. The maximum absolute atomic E-state index is 8.56. The van der Waals surface area contributed by atoms with E-state index in [1.165, 1.54) is 0 Å². The molecule has 0 radical (unpaired) electrons. The summed E-state index contributed by atoms with van der Waals surface area (Å²) in [6, 6.07) is 0. The predicted octanol–water partition coefficient (Wildman–Crippen LogP) is -1.07. The van der Waals surface area contributed by atoms with Gasteiger partial charge in [0, 0.05) is 0 Å². The summed E-state index contributed by atoms with van der Waals surface area (Å²) in [4.78, 5) is 8.56. The van der Waals surface area contributed by atoms with Crippen molar-refractivity contribution in [2.45, 2.75) is 0 Å². The summed E-state index contributed by atoms with van der Waals surface area (Å²) in [5, 5.41) is 13.9. The number of rotatable bonds is 0. The van der Waals surface area contributed by atoms with Gasteiger partial charge in [-0.2, -0.15) is 0 Å². The van der Waals surface area contributed by atoms with Gasteiger partial charge >= 0.3 is 54.6 Å². The van der Waals surface area contributed by atoms with E-state index < -0.39 is 6.16 Å². The molecule has 6 heavy (non-hydrogen) atoms. The van der Waals surface area contributed by atoms with Gasteiger partial charge in [-0.15, -0.1) is 0 Å².